The first-order valence-electron chi connectivity index (χ1n) is 9.69. The van der Waals surface area contributed by atoms with Gasteiger partial charge in [0.25, 0.3) is 5.91 Å². The van der Waals surface area contributed by atoms with E-state index in [1.807, 2.05) is 17.0 Å². The molecule has 1 fully saturated rings. The summed E-state index contributed by atoms with van der Waals surface area (Å²) in [5.74, 6) is 0.920. The molecular formula is C21H24ClN5O. The summed E-state index contributed by atoms with van der Waals surface area (Å²) >= 11 is 6.19. The van der Waals surface area contributed by atoms with Gasteiger partial charge in [-0.2, -0.15) is 5.10 Å². The summed E-state index contributed by atoms with van der Waals surface area (Å²) in [6, 6.07) is 10.0. The number of nitrogens with one attached hydrogen (secondary N) is 1. The van der Waals surface area contributed by atoms with Crippen molar-refractivity contribution >= 4 is 34.2 Å². The monoisotopic (exact) mass is 397 g/mol. The summed E-state index contributed by atoms with van der Waals surface area (Å²) in [7, 11) is 1.77. The highest BCUT2D eigenvalue weighted by Gasteiger charge is 2.28. The van der Waals surface area contributed by atoms with Crippen LogP contribution in [-0.2, 0) is 6.54 Å². The van der Waals surface area contributed by atoms with Gasteiger partial charge in [-0.3, -0.25) is 4.79 Å². The van der Waals surface area contributed by atoms with Gasteiger partial charge in [-0.15, -0.1) is 5.10 Å². The summed E-state index contributed by atoms with van der Waals surface area (Å²) < 4.78 is 2.34. The molecule has 6 nitrogen and oxygen atoms in total. The van der Waals surface area contributed by atoms with Crippen molar-refractivity contribution in [2.75, 3.05) is 25.5 Å². The first-order valence-corrected chi connectivity index (χ1v) is 10.1. The highest BCUT2D eigenvalue weighted by atomic mass is 35.5. The molecule has 1 aliphatic rings. The number of hydrogen-bond acceptors (Lipinski definition) is 4. The minimum absolute atomic E-state index is 0.0123. The Kier molecular flexibility index (Phi) is 5.22. The Morgan fingerprint density at radius 2 is 2.18 bits per heavy atom. The Bertz CT molecular complexity index is 1020. The molecule has 3 aromatic rings. The van der Waals surface area contributed by atoms with E-state index in [1.165, 1.54) is 17.4 Å². The largest absolute Gasteiger partial charge is 0.372 e. The lowest BCUT2D eigenvalue weighted by atomic mass is 9.94. The molecule has 0 bridgehead atoms. The van der Waals surface area contributed by atoms with Crippen LogP contribution in [0, 0.1) is 0 Å². The molecule has 0 radical (unpaired) electrons. The van der Waals surface area contributed by atoms with Crippen LogP contribution >= 0.6 is 11.6 Å². The molecule has 146 valence electrons. The Morgan fingerprint density at radius 1 is 1.32 bits per heavy atom. The predicted octanol–water partition coefficient (Wildman–Crippen LogP) is 4.17. The standard InChI is InChI=1S/C21H24ClN5O/c1-3-27-18-7-6-17(22)9-15(18)10-19(27)14-5-4-8-26(13-14)21(28)16-11-20(23-2)25-24-12-16/h6-7,9-12,14H,3-5,8,13H2,1-2H3,(H,23,25). The zero-order valence-corrected chi connectivity index (χ0v) is 16.9. The number of carbonyl (C=O) groups excluding carboxylic acids is 1. The molecule has 28 heavy (non-hydrogen) atoms. The number of benzene rings is 1. The first-order chi connectivity index (χ1) is 13.6. The van der Waals surface area contributed by atoms with E-state index in [0.717, 1.165) is 36.3 Å². The fourth-order valence-corrected chi connectivity index (χ4v) is 4.33. The lowest BCUT2D eigenvalue weighted by molar-refractivity contribution is 0.0704. The van der Waals surface area contributed by atoms with Crippen molar-refractivity contribution < 1.29 is 4.79 Å². The third kappa shape index (κ3) is 3.44. The molecule has 0 saturated carbocycles. The Hall–Kier alpha value is -2.60. The van der Waals surface area contributed by atoms with Gasteiger partial charge in [-0.25, -0.2) is 0 Å². The van der Waals surface area contributed by atoms with Gasteiger partial charge in [-0.05, 0) is 50.1 Å². The number of amides is 1. The summed E-state index contributed by atoms with van der Waals surface area (Å²) in [6.07, 6.45) is 3.60. The molecule has 1 aromatic carbocycles. The molecule has 0 aliphatic carbocycles. The van der Waals surface area contributed by atoms with Crippen LogP contribution in [0.25, 0.3) is 10.9 Å². The van der Waals surface area contributed by atoms with E-state index in [1.54, 1.807) is 13.1 Å². The molecule has 1 amide bonds. The molecule has 3 heterocycles. The molecular weight excluding hydrogens is 374 g/mol. The van der Waals surface area contributed by atoms with Crippen molar-refractivity contribution in [1.29, 1.82) is 0 Å². The van der Waals surface area contributed by atoms with Crippen molar-refractivity contribution in [3.8, 4) is 0 Å². The molecule has 2 aromatic heterocycles. The van der Waals surface area contributed by atoms with Crippen LogP contribution in [0.4, 0.5) is 5.82 Å². The number of nitrogens with zero attached hydrogens (tertiary/aromatic N) is 4. The molecule has 1 unspecified atom stereocenters. The van der Waals surface area contributed by atoms with Gasteiger partial charge in [-0.1, -0.05) is 11.6 Å². The summed E-state index contributed by atoms with van der Waals surface area (Å²) in [4.78, 5) is 15.0. The van der Waals surface area contributed by atoms with Crippen molar-refractivity contribution in [2.24, 2.45) is 0 Å². The van der Waals surface area contributed by atoms with Crippen molar-refractivity contribution in [3.63, 3.8) is 0 Å². The molecule has 1 aliphatic heterocycles. The third-order valence-electron chi connectivity index (χ3n) is 5.50. The third-order valence-corrected chi connectivity index (χ3v) is 5.73. The van der Waals surface area contributed by atoms with E-state index in [0.29, 0.717) is 23.8 Å². The van der Waals surface area contributed by atoms with Crippen molar-refractivity contribution in [3.05, 3.63) is 52.8 Å². The fraction of sp³-hybridized carbons (Fsp3) is 0.381. The highest BCUT2D eigenvalue weighted by molar-refractivity contribution is 6.31. The van der Waals surface area contributed by atoms with E-state index in [2.05, 4.69) is 39.1 Å². The smallest absolute Gasteiger partial charge is 0.255 e. The zero-order chi connectivity index (χ0) is 19.7. The van der Waals surface area contributed by atoms with Crippen molar-refractivity contribution in [2.45, 2.75) is 32.2 Å². The van der Waals surface area contributed by atoms with E-state index in [-0.39, 0.29) is 5.91 Å². The van der Waals surface area contributed by atoms with Gasteiger partial charge in [0.2, 0.25) is 0 Å². The number of carbonyl (C=O) groups is 1. The van der Waals surface area contributed by atoms with Crippen molar-refractivity contribution in [1.82, 2.24) is 19.7 Å². The highest BCUT2D eigenvalue weighted by Crippen LogP contribution is 2.33. The Morgan fingerprint density at radius 3 is 2.96 bits per heavy atom. The quantitative estimate of drug-likeness (QED) is 0.717. The maximum atomic E-state index is 13.0. The van der Waals surface area contributed by atoms with Gasteiger partial charge >= 0.3 is 0 Å². The number of aryl methyl sites for hydroxylation is 1. The zero-order valence-electron chi connectivity index (χ0n) is 16.2. The average molecular weight is 398 g/mol. The number of piperidine rings is 1. The number of aromatic nitrogens is 3. The molecule has 0 spiro atoms. The second-order valence-electron chi connectivity index (χ2n) is 7.19. The number of hydrogen-bond donors (Lipinski definition) is 1. The van der Waals surface area contributed by atoms with E-state index < -0.39 is 0 Å². The van der Waals surface area contributed by atoms with Gasteiger partial charge in [0.1, 0.15) is 5.82 Å². The first kappa shape index (κ1) is 18.7. The predicted molar refractivity (Wildman–Crippen MR) is 112 cm³/mol. The van der Waals surface area contributed by atoms with E-state index >= 15 is 0 Å². The molecule has 1 N–H and O–H groups in total. The normalized spacial score (nSPS) is 17.1. The number of anilines is 1. The molecule has 4 rings (SSSR count). The number of fused-ring (bicyclic) bond motifs is 1. The van der Waals surface area contributed by atoms with Crippen LogP contribution in [0.3, 0.4) is 0 Å². The SMILES string of the molecule is CCn1c(C2CCCN(C(=O)c3cnnc(NC)c3)C2)cc2cc(Cl)ccc21. The minimum atomic E-state index is 0.0123. The van der Waals surface area contributed by atoms with Crippen LogP contribution in [0.2, 0.25) is 5.02 Å². The minimum Gasteiger partial charge on any atom is -0.372 e. The molecule has 1 atom stereocenters. The van der Waals surface area contributed by atoms with Crippen LogP contribution in [0.1, 0.15) is 41.7 Å². The average Bonchev–Trinajstić information content (AvgIpc) is 3.11. The second-order valence-corrected chi connectivity index (χ2v) is 7.62. The van der Waals surface area contributed by atoms with Crippen LogP contribution < -0.4 is 5.32 Å². The van der Waals surface area contributed by atoms with Crippen LogP contribution in [0.15, 0.2) is 36.5 Å². The summed E-state index contributed by atoms with van der Waals surface area (Å²) in [5, 5.41) is 12.7. The van der Waals surface area contributed by atoms with Gasteiger partial charge in [0.05, 0.1) is 11.8 Å². The topological polar surface area (TPSA) is 63.1 Å². The van der Waals surface area contributed by atoms with Gasteiger partial charge in [0, 0.05) is 54.2 Å². The Labute approximate surface area is 169 Å². The van der Waals surface area contributed by atoms with Gasteiger partial charge in [0.15, 0.2) is 0 Å². The summed E-state index contributed by atoms with van der Waals surface area (Å²) in [6.45, 7) is 4.53. The molecule has 1 saturated heterocycles. The van der Waals surface area contributed by atoms with Gasteiger partial charge < -0.3 is 14.8 Å². The van der Waals surface area contributed by atoms with Crippen LogP contribution in [-0.4, -0.2) is 45.7 Å². The summed E-state index contributed by atoms with van der Waals surface area (Å²) in [5.41, 5.74) is 3.05. The van der Waals surface area contributed by atoms with Crippen LogP contribution in [0.5, 0.6) is 0 Å². The van der Waals surface area contributed by atoms with E-state index in [4.69, 9.17) is 11.6 Å². The maximum Gasteiger partial charge on any atom is 0.255 e. The lowest BCUT2D eigenvalue weighted by Crippen LogP contribution is -2.39. The number of rotatable bonds is 4. The number of halogens is 1. The fourth-order valence-electron chi connectivity index (χ4n) is 4.15. The maximum absolute atomic E-state index is 13.0. The molecule has 7 heteroatoms. The Balaban J connectivity index is 1.62. The second kappa shape index (κ2) is 7.80. The lowest BCUT2D eigenvalue weighted by Gasteiger charge is -2.33. The number of likely N-dealkylation sites (tertiary alicyclic amines) is 1. The van der Waals surface area contributed by atoms with E-state index in [9.17, 15) is 4.79 Å².